The van der Waals surface area contributed by atoms with Crippen LogP contribution in [-0.4, -0.2) is 93.8 Å². The third-order valence-electron chi connectivity index (χ3n) is 14.6. The molecule has 55 heavy (non-hydrogen) atoms. The van der Waals surface area contributed by atoms with Crippen molar-refractivity contribution in [2.45, 2.75) is 206 Å². The van der Waals surface area contributed by atoms with E-state index in [2.05, 4.69) is 20.8 Å². The van der Waals surface area contributed by atoms with Gasteiger partial charge in [-0.25, -0.2) is 0 Å². The minimum absolute atomic E-state index is 0.0106. The number of ketones is 1. The lowest BCUT2D eigenvalue weighted by atomic mass is 9.72. The largest absolute Gasteiger partial charge is 0.453 e. The standard InChI is InChI=1S/C44H72O11/c1-12-32(24-45)34-16-15-25(4)39(52-34)29(8)37(47)28(7)38(48)33(13-2)40-26(5)23-27(6)43(53-40)20-18-36(51-31(10)46)44(55-43)22-21-41(11,54-44)35-17-19-42(49,14-3)30(9)50-35/h18,20,24-30,32-37,39-40,47,49H,12-17,19,21-23H2,1-11H3/t25-,26-,27+,28-,29-,30-,32-,33-,34+,35+,36+,37+,39+,40-,41-,42+,43-,44-/m0/s1. The number of aliphatic hydroxyl groups is 2. The second-order valence-corrected chi connectivity index (χ2v) is 18.4. The fourth-order valence-corrected chi connectivity index (χ4v) is 10.7. The molecule has 0 aromatic rings. The Morgan fingerprint density at radius 3 is 2.25 bits per heavy atom. The summed E-state index contributed by atoms with van der Waals surface area (Å²) >= 11 is 0. The number of hydrogen-bond acceptors (Lipinski definition) is 11. The molecular weight excluding hydrogens is 704 g/mol. The predicted molar refractivity (Wildman–Crippen MR) is 207 cm³/mol. The number of esters is 1. The van der Waals surface area contributed by atoms with E-state index < -0.39 is 58.9 Å². The summed E-state index contributed by atoms with van der Waals surface area (Å²) in [5, 5.41) is 22.9. The highest BCUT2D eigenvalue weighted by Gasteiger charge is 2.64. The molecular formula is C44H72O11. The Balaban J connectivity index is 1.36. The van der Waals surface area contributed by atoms with Crippen molar-refractivity contribution in [2.75, 3.05) is 0 Å². The number of Topliss-reactive ketones (excluding diaryl/α,β-unsaturated/α-hetero) is 1. The van der Waals surface area contributed by atoms with Crippen molar-refractivity contribution in [1.82, 2.24) is 0 Å². The number of carbonyl (C=O) groups is 3. The van der Waals surface area contributed by atoms with E-state index in [-0.39, 0.29) is 59.8 Å². The summed E-state index contributed by atoms with van der Waals surface area (Å²) in [6, 6.07) is 0. The van der Waals surface area contributed by atoms with E-state index >= 15 is 0 Å². The van der Waals surface area contributed by atoms with Crippen LogP contribution in [0.25, 0.3) is 0 Å². The van der Waals surface area contributed by atoms with Crippen LogP contribution < -0.4 is 0 Å². The second-order valence-electron chi connectivity index (χ2n) is 18.4. The maximum atomic E-state index is 14.5. The summed E-state index contributed by atoms with van der Waals surface area (Å²) in [6.45, 7) is 21.3. The van der Waals surface area contributed by atoms with Gasteiger partial charge in [-0.2, -0.15) is 0 Å². The average molecular weight is 777 g/mol. The Labute approximate surface area is 329 Å². The molecule has 5 rings (SSSR count). The Bertz CT molecular complexity index is 1390. The molecule has 5 heterocycles. The molecule has 2 spiro atoms. The Hall–Kier alpha value is -1.73. The summed E-state index contributed by atoms with van der Waals surface area (Å²) < 4.78 is 39.9. The molecule has 2 N–H and O–H groups in total. The number of carbonyl (C=O) groups excluding carboxylic acids is 3. The maximum absolute atomic E-state index is 14.5. The van der Waals surface area contributed by atoms with Crippen LogP contribution in [0.15, 0.2) is 12.2 Å². The van der Waals surface area contributed by atoms with Crippen LogP contribution in [-0.2, 0) is 42.8 Å². The molecule has 0 unspecified atom stereocenters. The highest BCUT2D eigenvalue weighted by molar-refractivity contribution is 5.84. The van der Waals surface area contributed by atoms with Crippen LogP contribution in [0.4, 0.5) is 0 Å². The van der Waals surface area contributed by atoms with E-state index in [0.717, 1.165) is 19.1 Å². The van der Waals surface area contributed by atoms with Crippen LogP contribution in [0.3, 0.4) is 0 Å². The van der Waals surface area contributed by atoms with E-state index in [1.807, 2.05) is 60.6 Å². The average Bonchev–Trinajstić information content (AvgIpc) is 3.49. The van der Waals surface area contributed by atoms with Gasteiger partial charge in [0.05, 0.1) is 47.8 Å². The van der Waals surface area contributed by atoms with Gasteiger partial charge in [0.2, 0.25) is 5.79 Å². The fraction of sp³-hybridized carbons (Fsp3) is 0.886. The number of aldehydes is 1. The van der Waals surface area contributed by atoms with Gasteiger partial charge in [0, 0.05) is 42.9 Å². The van der Waals surface area contributed by atoms with Gasteiger partial charge in [-0.05, 0) is 95.6 Å². The molecule has 0 aliphatic carbocycles. The summed E-state index contributed by atoms with van der Waals surface area (Å²) in [4.78, 5) is 38.7. The quantitative estimate of drug-likeness (QED) is 0.115. The Kier molecular flexibility index (Phi) is 13.9. The highest BCUT2D eigenvalue weighted by atomic mass is 16.8. The third-order valence-corrected chi connectivity index (χ3v) is 14.6. The summed E-state index contributed by atoms with van der Waals surface area (Å²) in [6.07, 6.45) is 7.63. The molecule has 314 valence electrons. The SMILES string of the molecule is CC[C@@H](C=O)[C@H]1CC[C@H](C)[C@H]([C@@H](C)[C@H](O)[C@H](C)C(=O)[C@H](CC)[C@H]2O[C@]3(C=C[C@@H](OC(C)=O)[C@]4(CC[C@@](C)([C@H]5CC[C@](O)(CC)[C@H](C)O5)O4)O3)[C@H](C)C[C@@H]2C)O1. The molecule has 11 heteroatoms. The van der Waals surface area contributed by atoms with Gasteiger partial charge in [0.25, 0.3) is 0 Å². The van der Waals surface area contributed by atoms with E-state index in [1.54, 1.807) is 0 Å². The second kappa shape index (κ2) is 17.2. The van der Waals surface area contributed by atoms with Gasteiger partial charge in [0.1, 0.15) is 12.1 Å². The monoisotopic (exact) mass is 777 g/mol. The van der Waals surface area contributed by atoms with E-state index in [1.165, 1.54) is 6.92 Å². The van der Waals surface area contributed by atoms with Gasteiger partial charge in [-0.1, -0.05) is 55.4 Å². The van der Waals surface area contributed by atoms with E-state index in [9.17, 15) is 24.6 Å². The normalized spacial score (nSPS) is 44.8. The number of aliphatic hydroxyl groups excluding tert-OH is 1. The van der Waals surface area contributed by atoms with Crippen LogP contribution in [0.5, 0.6) is 0 Å². The summed E-state index contributed by atoms with van der Waals surface area (Å²) in [5.74, 6) is -4.78. The molecule has 4 fully saturated rings. The fourth-order valence-electron chi connectivity index (χ4n) is 10.7. The van der Waals surface area contributed by atoms with Crippen LogP contribution in [0, 0.1) is 41.4 Å². The topological polar surface area (TPSA) is 147 Å². The highest BCUT2D eigenvalue weighted by Crippen LogP contribution is 2.54. The lowest BCUT2D eigenvalue weighted by Crippen LogP contribution is -2.63. The molecule has 0 amide bonds. The predicted octanol–water partition coefficient (Wildman–Crippen LogP) is 6.87. The lowest BCUT2D eigenvalue weighted by Gasteiger charge is -2.54. The molecule has 5 aliphatic rings. The summed E-state index contributed by atoms with van der Waals surface area (Å²) in [7, 11) is 0. The number of rotatable bonds is 13. The molecule has 0 saturated carbocycles. The van der Waals surface area contributed by atoms with Crippen molar-refractivity contribution in [1.29, 1.82) is 0 Å². The van der Waals surface area contributed by atoms with E-state index in [0.29, 0.717) is 51.4 Å². The molecule has 0 radical (unpaired) electrons. The van der Waals surface area contributed by atoms with Crippen molar-refractivity contribution in [2.24, 2.45) is 41.4 Å². The molecule has 5 aliphatic heterocycles. The van der Waals surface area contributed by atoms with Crippen molar-refractivity contribution in [3.05, 3.63) is 12.2 Å². The maximum Gasteiger partial charge on any atom is 0.303 e. The Morgan fingerprint density at radius 2 is 1.65 bits per heavy atom. The molecule has 18 atom stereocenters. The number of ether oxygens (including phenoxy) is 6. The van der Waals surface area contributed by atoms with Crippen molar-refractivity contribution >= 4 is 18.0 Å². The Morgan fingerprint density at radius 1 is 0.945 bits per heavy atom. The molecule has 4 saturated heterocycles. The first kappa shape index (κ1) is 44.4. The van der Waals surface area contributed by atoms with Crippen molar-refractivity contribution < 1.29 is 53.0 Å². The molecule has 0 bridgehead atoms. The zero-order valence-electron chi connectivity index (χ0n) is 35.5. The first-order valence-electron chi connectivity index (χ1n) is 21.5. The smallest absolute Gasteiger partial charge is 0.303 e. The van der Waals surface area contributed by atoms with Gasteiger partial charge >= 0.3 is 5.97 Å². The van der Waals surface area contributed by atoms with Crippen molar-refractivity contribution in [3.63, 3.8) is 0 Å². The minimum Gasteiger partial charge on any atom is -0.453 e. The molecule has 0 aromatic heterocycles. The first-order valence-corrected chi connectivity index (χ1v) is 21.5. The van der Waals surface area contributed by atoms with E-state index in [4.69, 9.17) is 28.4 Å². The minimum atomic E-state index is -1.36. The van der Waals surface area contributed by atoms with Crippen molar-refractivity contribution in [3.8, 4) is 0 Å². The van der Waals surface area contributed by atoms with Crippen LogP contribution >= 0.6 is 0 Å². The lowest BCUT2D eigenvalue weighted by molar-refractivity contribution is -0.409. The molecule has 11 nitrogen and oxygen atoms in total. The zero-order chi connectivity index (χ0) is 40.7. The van der Waals surface area contributed by atoms with Crippen LogP contribution in [0.1, 0.15) is 140 Å². The van der Waals surface area contributed by atoms with Gasteiger partial charge in [-0.15, -0.1) is 0 Å². The zero-order valence-corrected chi connectivity index (χ0v) is 35.5. The number of hydrogen-bond donors (Lipinski definition) is 2. The third kappa shape index (κ3) is 8.55. The van der Waals surface area contributed by atoms with Crippen LogP contribution in [0.2, 0.25) is 0 Å². The first-order chi connectivity index (χ1) is 25.8. The van der Waals surface area contributed by atoms with Gasteiger partial charge < -0.3 is 43.4 Å². The van der Waals surface area contributed by atoms with Gasteiger partial charge in [0.15, 0.2) is 11.9 Å². The summed E-state index contributed by atoms with van der Waals surface area (Å²) in [5.41, 5.74) is -1.68. The molecule has 0 aromatic carbocycles. The van der Waals surface area contributed by atoms with Gasteiger partial charge in [-0.3, -0.25) is 9.59 Å².